The van der Waals surface area contributed by atoms with E-state index in [9.17, 15) is 4.79 Å². The predicted octanol–water partition coefficient (Wildman–Crippen LogP) is 5.88. The number of carbonyl (C=O) groups excluding carboxylic acids is 1. The van der Waals surface area contributed by atoms with Crippen molar-refractivity contribution in [1.82, 2.24) is 0 Å². The molecule has 0 heterocycles. The van der Waals surface area contributed by atoms with Gasteiger partial charge in [-0.1, -0.05) is 26.7 Å². The normalized spacial score (nSPS) is 48.6. The van der Waals surface area contributed by atoms with Gasteiger partial charge in [-0.25, -0.2) is 0 Å². The van der Waals surface area contributed by atoms with Crippen LogP contribution in [0.1, 0.15) is 90.9 Å². The monoisotopic (exact) mass is 371 g/mol. The molecule has 3 nitrogen and oxygen atoms in total. The summed E-state index contributed by atoms with van der Waals surface area (Å²) in [7, 11) is 0. The van der Waals surface area contributed by atoms with Crippen molar-refractivity contribution in [2.24, 2.45) is 40.4 Å². The first kappa shape index (κ1) is 19.3. The highest BCUT2D eigenvalue weighted by Crippen LogP contribution is 2.68. The standard InChI is InChI=1S/C24H37NO2/c1-23-12-5-3-8-18(23)15-21(27-16-26)22-19-10-9-17(7-4-6-14-25)24(19,2)13-11-20(22)23/h16-22H,3-13,15H2,1-2H3. The number of fused-ring (bicyclic) bond motifs is 5. The Morgan fingerprint density at radius 2 is 1.89 bits per heavy atom. The van der Waals surface area contributed by atoms with Crippen LogP contribution < -0.4 is 0 Å². The maximum atomic E-state index is 11.3. The fourth-order valence-corrected chi connectivity index (χ4v) is 8.45. The lowest BCUT2D eigenvalue weighted by Gasteiger charge is -2.62. The Hall–Kier alpha value is -1.04. The van der Waals surface area contributed by atoms with Crippen molar-refractivity contribution in [3.63, 3.8) is 0 Å². The minimum absolute atomic E-state index is 0.145. The summed E-state index contributed by atoms with van der Waals surface area (Å²) in [6.07, 6.45) is 14.9. The minimum Gasteiger partial charge on any atom is -0.464 e. The zero-order chi connectivity index (χ0) is 19.1. The van der Waals surface area contributed by atoms with Crippen LogP contribution in [0, 0.1) is 51.8 Å². The van der Waals surface area contributed by atoms with E-state index >= 15 is 0 Å². The van der Waals surface area contributed by atoms with Gasteiger partial charge < -0.3 is 4.74 Å². The Morgan fingerprint density at radius 1 is 1.07 bits per heavy atom. The SMILES string of the molecule is CC12CCC3C(C(OC=O)CC4CCCCC43C)C1CCC2CCCC#N. The van der Waals surface area contributed by atoms with Gasteiger partial charge in [-0.2, -0.15) is 5.26 Å². The second-order valence-electron chi connectivity index (χ2n) is 10.6. The Bertz CT molecular complexity index is 598. The third kappa shape index (κ3) is 3.02. The molecule has 0 aromatic rings. The van der Waals surface area contributed by atoms with Crippen LogP contribution in [0.2, 0.25) is 0 Å². The average Bonchev–Trinajstić information content (AvgIpc) is 2.99. The molecule has 4 saturated carbocycles. The lowest BCUT2D eigenvalue weighted by atomic mass is 9.44. The van der Waals surface area contributed by atoms with Gasteiger partial charge in [-0.15, -0.1) is 0 Å². The van der Waals surface area contributed by atoms with Crippen LogP contribution >= 0.6 is 0 Å². The van der Waals surface area contributed by atoms with Crippen molar-refractivity contribution in [2.75, 3.05) is 0 Å². The predicted molar refractivity (Wildman–Crippen MR) is 106 cm³/mol. The zero-order valence-corrected chi connectivity index (χ0v) is 17.3. The Kier molecular flexibility index (Phi) is 5.30. The summed E-state index contributed by atoms with van der Waals surface area (Å²) in [5, 5.41) is 8.92. The molecule has 4 fully saturated rings. The molecule has 8 unspecified atom stereocenters. The van der Waals surface area contributed by atoms with E-state index in [0.717, 1.165) is 37.1 Å². The Labute approximate surface area is 165 Å². The van der Waals surface area contributed by atoms with E-state index in [4.69, 9.17) is 10.00 Å². The van der Waals surface area contributed by atoms with Gasteiger partial charge in [0, 0.05) is 12.3 Å². The van der Waals surface area contributed by atoms with Crippen LogP contribution in [0.5, 0.6) is 0 Å². The molecule has 0 aromatic carbocycles. The number of unbranched alkanes of at least 4 members (excludes halogenated alkanes) is 1. The van der Waals surface area contributed by atoms with Crippen molar-refractivity contribution in [3.05, 3.63) is 0 Å². The van der Waals surface area contributed by atoms with Gasteiger partial charge in [0.25, 0.3) is 6.47 Å². The summed E-state index contributed by atoms with van der Waals surface area (Å²) in [4.78, 5) is 11.3. The molecule has 0 amide bonds. The number of ether oxygens (including phenoxy) is 1. The quantitative estimate of drug-likeness (QED) is 0.448. The van der Waals surface area contributed by atoms with Crippen molar-refractivity contribution >= 4 is 6.47 Å². The van der Waals surface area contributed by atoms with Gasteiger partial charge in [0.15, 0.2) is 0 Å². The van der Waals surface area contributed by atoms with Gasteiger partial charge >= 0.3 is 0 Å². The van der Waals surface area contributed by atoms with E-state index in [1.807, 2.05) is 0 Å². The van der Waals surface area contributed by atoms with Gasteiger partial charge in [0.1, 0.15) is 6.10 Å². The summed E-state index contributed by atoms with van der Waals surface area (Å²) in [6, 6.07) is 2.32. The van der Waals surface area contributed by atoms with Crippen LogP contribution in [-0.4, -0.2) is 12.6 Å². The van der Waals surface area contributed by atoms with E-state index in [2.05, 4.69) is 19.9 Å². The highest BCUT2D eigenvalue weighted by Gasteiger charge is 2.62. The molecule has 0 saturated heterocycles. The lowest BCUT2D eigenvalue weighted by molar-refractivity contribution is -0.180. The van der Waals surface area contributed by atoms with E-state index in [-0.39, 0.29) is 6.10 Å². The molecule has 4 rings (SSSR count). The first-order chi connectivity index (χ1) is 13.0. The van der Waals surface area contributed by atoms with Crippen LogP contribution in [0.3, 0.4) is 0 Å². The number of carbonyl (C=O) groups is 1. The number of rotatable bonds is 5. The number of hydrogen-bond acceptors (Lipinski definition) is 3. The van der Waals surface area contributed by atoms with Gasteiger partial charge in [-0.3, -0.25) is 4.79 Å². The molecule has 0 spiro atoms. The number of nitrogens with zero attached hydrogens (tertiary/aromatic N) is 1. The number of hydrogen-bond donors (Lipinski definition) is 0. The molecular weight excluding hydrogens is 334 g/mol. The van der Waals surface area contributed by atoms with E-state index < -0.39 is 0 Å². The second kappa shape index (κ2) is 7.41. The fourth-order valence-electron chi connectivity index (χ4n) is 8.45. The third-order valence-electron chi connectivity index (χ3n) is 9.84. The molecule has 0 aromatic heterocycles. The van der Waals surface area contributed by atoms with E-state index in [1.54, 1.807) is 0 Å². The summed E-state index contributed by atoms with van der Waals surface area (Å²) in [6.45, 7) is 5.84. The van der Waals surface area contributed by atoms with Crippen LogP contribution in [-0.2, 0) is 9.53 Å². The molecule has 0 N–H and O–H groups in total. The highest BCUT2D eigenvalue weighted by atomic mass is 16.5. The smallest absolute Gasteiger partial charge is 0.293 e. The number of nitriles is 1. The molecule has 0 aliphatic heterocycles. The largest absolute Gasteiger partial charge is 0.464 e. The third-order valence-corrected chi connectivity index (χ3v) is 9.84. The van der Waals surface area contributed by atoms with E-state index in [1.165, 1.54) is 57.8 Å². The molecule has 8 atom stereocenters. The molecule has 0 bridgehead atoms. The molecular formula is C24H37NO2. The first-order valence-electron chi connectivity index (χ1n) is 11.5. The second-order valence-corrected chi connectivity index (χ2v) is 10.6. The topological polar surface area (TPSA) is 50.1 Å². The van der Waals surface area contributed by atoms with Gasteiger partial charge in [0.05, 0.1) is 6.07 Å². The molecule has 0 radical (unpaired) electrons. The molecule has 150 valence electrons. The Morgan fingerprint density at radius 3 is 2.67 bits per heavy atom. The summed E-state index contributed by atoms with van der Waals surface area (Å²) < 4.78 is 5.81. The van der Waals surface area contributed by atoms with Crippen molar-refractivity contribution in [3.8, 4) is 6.07 Å². The minimum atomic E-state index is 0.145. The van der Waals surface area contributed by atoms with Crippen molar-refractivity contribution in [2.45, 2.75) is 97.0 Å². The summed E-state index contributed by atoms with van der Waals surface area (Å²) in [5.41, 5.74) is 0.852. The molecule has 3 heteroatoms. The van der Waals surface area contributed by atoms with Crippen molar-refractivity contribution in [1.29, 1.82) is 5.26 Å². The van der Waals surface area contributed by atoms with Crippen molar-refractivity contribution < 1.29 is 9.53 Å². The summed E-state index contributed by atoms with van der Waals surface area (Å²) in [5.74, 6) is 3.50. The van der Waals surface area contributed by atoms with Crippen LogP contribution in [0.15, 0.2) is 0 Å². The van der Waals surface area contributed by atoms with Crippen LogP contribution in [0.25, 0.3) is 0 Å². The van der Waals surface area contributed by atoms with E-state index in [0.29, 0.717) is 29.1 Å². The first-order valence-corrected chi connectivity index (χ1v) is 11.5. The molecule has 4 aliphatic rings. The van der Waals surface area contributed by atoms with Gasteiger partial charge in [0.2, 0.25) is 0 Å². The average molecular weight is 372 g/mol. The van der Waals surface area contributed by atoms with Crippen LogP contribution in [0.4, 0.5) is 0 Å². The maximum absolute atomic E-state index is 11.3. The maximum Gasteiger partial charge on any atom is 0.293 e. The fraction of sp³-hybridized carbons (Fsp3) is 0.917. The summed E-state index contributed by atoms with van der Waals surface area (Å²) >= 11 is 0. The Balaban J connectivity index is 1.60. The lowest BCUT2D eigenvalue weighted by Crippen LogP contribution is -2.58. The highest BCUT2D eigenvalue weighted by molar-refractivity contribution is 5.38. The zero-order valence-electron chi connectivity index (χ0n) is 17.3. The molecule has 27 heavy (non-hydrogen) atoms. The molecule has 4 aliphatic carbocycles. The van der Waals surface area contributed by atoms with Gasteiger partial charge in [-0.05, 0) is 92.3 Å².